The smallest absolute Gasteiger partial charge is 0.311 e. The number of aromatic nitrogens is 4. The Kier molecular flexibility index (Phi) is 5.44. The number of benzene rings is 1. The molecule has 4 rings (SSSR count). The zero-order valence-corrected chi connectivity index (χ0v) is 18.3. The molecule has 0 N–H and O–H groups in total. The Balaban J connectivity index is 2.08. The van der Waals surface area contributed by atoms with Gasteiger partial charge in [0.15, 0.2) is 5.75 Å². The maximum Gasteiger partial charge on any atom is 0.311 e. The van der Waals surface area contributed by atoms with Crippen LogP contribution in [0.25, 0.3) is 26.2 Å². The van der Waals surface area contributed by atoms with Gasteiger partial charge < -0.3 is 4.74 Å². The van der Waals surface area contributed by atoms with E-state index in [0.717, 1.165) is 10.1 Å². The molecule has 1 aromatic carbocycles. The molecule has 7 nitrogen and oxygen atoms in total. The number of esters is 1. The van der Waals surface area contributed by atoms with E-state index in [4.69, 9.17) is 16.3 Å². The number of aryl methyl sites for hydroxylation is 2. The van der Waals surface area contributed by atoms with Gasteiger partial charge in [-0.2, -0.15) is 10.2 Å². The number of fused-ring (bicyclic) bond motifs is 1. The summed E-state index contributed by atoms with van der Waals surface area (Å²) >= 11 is 7.58. The molecule has 0 spiro atoms. The number of carbonyl (C=O) groups is 1. The van der Waals surface area contributed by atoms with Gasteiger partial charge in [-0.3, -0.25) is 9.59 Å². The molecule has 0 aliphatic rings. The van der Waals surface area contributed by atoms with Crippen LogP contribution in [-0.4, -0.2) is 25.5 Å². The summed E-state index contributed by atoms with van der Waals surface area (Å²) in [6, 6.07) is 7.74. The Morgan fingerprint density at radius 1 is 1.27 bits per heavy atom. The van der Waals surface area contributed by atoms with Crippen molar-refractivity contribution in [2.75, 3.05) is 0 Å². The summed E-state index contributed by atoms with van der Waals surface area (Å²) in [6.07, 6.45) is 4.11. The minimum atomic E-state index is -0.403. The van der Waals surface area contributed by atoms with Crippen molar-refractivity contribution in [3.63, 3.8) is 0 Å². The standard InChI is InChI=1S/C21H19ClN4O3S/c1-4-7-16(27)29-19-12(2)24-25(3)20(28)18(19)17-14-8-5-6-9-15(14)30-21(17)26-11-13(22)10-23-26/h5-6,8-11H,4,7H2,1-3H3. The fraction of sp³-hybridized carbons (Fsp3) is 0.238. The summed E-state index contributed by atoms with van der Waals surface area (Å²) in [5.41, 5.74) is 1.02. The minimum absolute atomic E-state index is 0.180. The first-order valence-corrected chi connectivity index (χ1v) is 10.6. The lowest BCUT2D eigenvalue weighted by molar-refractivity contribution is -0.134. The van der Waals surface area contributed by atoms with Crippen LogP contribution in [0.3, 0.4) is 0 Å². The van der Waals surface area contributed by atoms with Crippen LogP contribution in [0.5, 0.6) is 5.75 Å². The van der Waals surface area contributed by atoms with Gasteiger partial charge in [0, 0.05) is 29.1 Å². The Bertz CT molecular complexity index is 1320. The predicted molar refractivity (Wildman–Crippen MR) is 118 cm³/mol. The zero-order valence-electron chi connectivity index (χ0n) is 16.7. The van der Waals surface area contributed by atoms with E-state index in [0.29, 0.717) is 27.7 Å². The van der Waals surface area contributed by atoms with E-state index in [1.807, 2.05) is 31.2 Å². The van der Waals surface area contributed by atoms with E-state index in [2.05, 4.69) is 10.2 Å². The topological polar surface area (TPSA) is 79.0 Å². The van der Waals surface area contributed by atoms with Crippen molar-refractivity contribution in [3.8, 4) is 21.9 Å². The van der Waals surface area contributed by atoms with Crippen LogP contribution in [0.15, 0.2) is 41.5 Å². The van der Waals surface area contributed by atoms with E-state index in [9.17, 15) is 9.59 Å². The number of halogens is 1. The molecule has 0 unspecified atom stereocenters. The summed E-state index contributed by atoms with van der Waals surface area (Å²) in [7, 11) is 1.58. The third-order valence-electron chi connectivity index (χ3n) is 4.62. The largest absolute Gasteiger partial charge is 0.424 e. The van der Waals surface area contributed by atoms with Crippen LogP contribution >= 0.6 is 22.9 Å². The van der Waals surface area contributed by atoms with Crippen molar-refractivity contribution in [2.24, 2.45) is 7.05 Å². The molecule has 3 aromatic heterocycles. The lowest BCUT2D eigenvalue weighted by atomic mass is 10.0. The molecular weight excluding hydrogens is 424 g/mol. The first-order chi connectivity index (χ1) is 14.4. The van der Waals surface area contributed by atoms with Gasteiger partial charge in [-0.1, -0.05) is 36.7 Å². The van der Waals surface area contributed by atoms with Gasteiger partial charge in [-0.25, -0.2) is 9.36 Å². The summed E-state index contributed by atoms with van der Waals surface area (Å²) in [5, 5.41) is 10.6. The quantitative estimate of drug-likeness (QED) is 0.425. The first kappa shape index (κ1) is 20.3. The van der Waals surface area contributed by atoms with Crippen LogP contribution in [0.4, 0.5) is 0 Å². The van der Waals surface area contributed by atoms with Gasteiger partial charge in [-0.05, 0) is 19.4 Å². The third kappa shape index (κ3) is 3.53. The van der Waals surface area contributed by atoms with Crippen LogP contribution < -0.4 is 10.3 Å². The number of thiophene rings is 1. The van der Waals surface area contributed by atoms with E-state index >= 15 is 0 Å². The molecule has 0 aliphatic heterocycles. The normalized spacial score (nSPS) is 11.2. The highest BCUT2D eigenvalue weighted by molar-refractivity contribution is 7.22. The average molecular weight is 443 g/mol. The molecule has 0 saturated heterocycles. The van der Waals surface area contributed by atoms with E-state index in [1.54, 1.807) is 24.9 Å². The number of rotatable bonds is 5. The maximum absolute atomic E-state index is 13.3. The molecule has 4 aromatic rings. The second-order valence-corrected chi connectivity index (χ2v) is 8.29. The number of carbonyl (C=O) groups excluding carboxylic acids is 1. The van der Waals surface area contributed by atoms with E-state index in [1.165, 1.54) is 22.2 Å². The molecule has 0 amide bonds. The number of hydrogen-bond donors (Lipinski definition) is 0. The van der Waals surface area contributed by atoms with Crippen molar-refractivity contribution in [3.05, 3.63) is 57.7 Å². The van der Waals surface area contributed by atoms with Crippen LogP contribution in [0.2, 0.25) is 5.02 Å². The lowest BCUT2D eigenvalue weighted by Crippen LogP contribution is -2.25. The molecular formula is C21H19ClN4O3S. The summed E-state index contributed by atoms with van der Waals surface area (Å²) in [4.78, 5) is 25.6. The molecule has 0 saturated carbocycles. The van der Waals surface area contributed by atoms with Crippen molar-refractivity contribution in [2.45, 2.75) is 26.7 Å². The Morgan fingerprint density at radius 2 is 2.03 bits per heavy atom. The third-order valence-corrected chi connectivity index (χ3v) is 5.98. The number of nitrogens with zero attached hydrogens (tertiary/aromatic N) is 4. The maximum atomic E-state index is 13.3. The second kappa shape index (κ2) is 8.04. The summed E-state index contributed by atoms with van der Waals surface area (Å²) < 4.78 is 9.52. The molecule has 30 heavy (non-hydrogen) atoms. The van der Waals surface area contributed by atoms with Crippen molar-refractivity contribution < 1.29 is 9.53 Å². The van der Waals surface area contributed by atoms with Gasteiger partial charge in [0.25, 0.3) is 5.56 Å². The fourth-order valence-corrected chi connectivity index (χ4v) is 4.60. The monoisotopic (exact) mass is 442 g/mol. The van der Waals surface area contributed by atoms with E-state index < -0.39 is 5.97 Å². The average Bonchev–Trinajstić information content (AvgIpc) is 3.30. The van der Waals surface area contributed by atoms with Gasteiger partial charge in [-0.15, -0.1) is 11.3 Å². The number of hydrogen-bond acceptors (Lipinski definition) is 6. The van der Waals surface area contributed by atoms with Crippen LogP contribution in [0, 0.1) is 6.92 Å². The second-order valence-electron chi connectivity index (χ2n) is 6.82. The lowest BCUT2D eigenvalue weighted by Gasteiger charge is -2.14. The number of ether oxygens (including phenoxy) is 1. The Labute approximate surface area is 181 Å². The van der Waals surface area contributed by atoms with Crippen molar-refractivity contribution in [1.29, 1.82) is 0 Å². The molecule has 0 atom stereocenters. The van der Waals surface area contributed by atoms with Crippen LogP contribution in [0.1, 0.15) is 25.5 Å². The summed E-state index contributed by atoms with van der Waals surface area (Å²) in [5.74, 6) is -0.222. The molecule has 3 heterocycles. The van der Waals surface area contributed by atoms with Crippen molar-refractivity contribution >= 4 is 39.0 Å². The fourth-order valence-electron chi connectivity index (χ4n) is 3.32. The van der Waals surface area contributed by atoms with Crippen molar-refractivity contribution in [1.82, 2.24) is 19.6 Å². The molecule has 9 heteroatoms. The molecule has 0 fully saturated rings. The molecule has 0 aliphatic carbocycles. The first-order valence-electron chi connectivity index (χ1n) is 9.41. The van der Waals surface area contributed by atoms with Gasteiger partial charge in [0.05, 0.1) is 23.0 Å². The highest BCUT2D eigenvalue weighted by Gasteiger charge is 2.26. The van der Waals surface area contributed by atoms with Crippen LogP contribution in [-0.2, 0) is 11.8 Å². The Hall–Kier alpha value is -2.97. The zero-order chi connectivity index (χ0) is 21.4. The molecule has 154 valence electrons. The van der Waals surface area contributed by atoms with Gasteiger partial charge in [0.2, 0.25) is 0 Å². The van der Waals surface area contributed by atoms with E-state index in [-0.39, 0.29) is 23.3 Å². The minimum Gasteiger partial charge on any atom is -0.424 e. The van der Waals surface area contributed by atoms with Gasteiger partial charge >= 0.3 is 5.97 Å². The van der Waals surface area contributed by atoms with Gasteiger partial charge in [0.1, 0.15) is 10.7 Å². The Morgan fingerprint density at radius 3 is 2.73 bits per heavy atom. The molecule has 0 radical (unpaired) electrons. The highest BCUT2D eigenvalue weighted by Crippen LogP contribution is 2.43. The summed E-state index contributed by atoms with van der Waals surface area (Å²) in [6.45, 7) is 3.61. The SMILES string of the molecule is CCCC(=O)Oc1c(C)nn(C)c(=O)c1-c1c(-n2cc(Cl)cn2)sc2ccccc12. The highest BCUT2D eigenvalue weighted by atomic mass is 35.5. The predicted octanol–water partition coefficient (Wildman–Crippen LogP) is 4.52. The molecule has 0 bridgehead atoms.